The Morgan fingerprint density at radius 3 is 2.35 bits per heavy atom. The molecular formula is C44H64N8O2. The van der Waals surface area contributed by atoms with Gasteiger partial charge in [0.05, 0.1) is 24.2 Å². The highest BCUT2D eigenvalue weighted by atomic mass is 16.5. The largest absolute Gasteiger partial charge is 0.494 e. The zero-order valence-electron chi connectivity index (χ0n) is 34.1. The van der Waals surface area contributed by atoms with Crippen LogP contribution >= 0.6 is 0 Å². The molecule has 2 fully saturated rings. The molecule has 1 aromatic carbocycles. The molecule has 1 amide bonds. The number of likely N-dealkylation sites (N-methyl/N-ethyl adjacent to an activating group) is 1. The molecule has 0 bridgehead atoms. The second-order valence-corrected chi connectivity index (χ2v) is 13.5. The van der Waals surface area contributed by atoms with Crippen LogP contribution in [0, 0.1) is 11.3 Å². The van der Waals surface area contributed by atoms with E-state index >= 15 is 0 Å². The van der Waals surface area contributed by atoms with Crippen molar-refractivity contribution in [2.45, 2.75) is 86.5 Å². The van der Waals surface area contributed by atoms with Crippen molar-refractivity contribution in [2.24, 2.45) is 27.4 Å². The first kappa shape index (κ1) is 44.8. The van der Waals surface area contributed by atoms with E-state index in [2.05, 4.69) is 40.5 Å². The zero-order valence-corrected chi connectivity index (χ0v) is 34.1. The topological polar surface area (TPSA) is 154 Å². The first-order chi connectivity index (χ1) is 25.9. The highest BCUT2D eigenvalue weighted by Gasteiger charge is 2.18. The molecule has 10 nitrogen and oxygen atoms in total. The van der Waals surface area contributed by atoms with Gasteiger partial charge in [0.1, 0.15) is 17.3 Å². The predicted molar refractivity (Wildman–Crippen MR) is 231 cm³/mol. The average Bonchev–Trinajstić information content (AvgIpc) is 3.93. The van der Waals surface area contributed by atoms with E-state index in [0.717, 1.165) is 48.3 Å². The Morgan fingerprint density at radius 1 is 1.11 bits per heavy atom. The summed E-state index contributed by atoms with van der Waals surface area (Å²) in [5.74, 6) is 1.80. The Kier molecular flexibility index (Phi) is 19.9. The molecular weight excluding hydrogens is 673 g/mol. The number of hydrogen-bond acceptors (Lipinski definition) is 8. The zero-order chi connectivity index (χ0) is 40.0. The number of benzene rings is 1. The number of amidine groups is 1. The Morgan fingerprint density at radius 2 is 1.81 bits per heavy atom. The van der Waals surface area contributed by atoms with Crippen molar-refractivity contribution in [2.75, 3.05) is 33.1 Å². The second kappa shape index (κ2) is 24.0. The number of nitrogens with zero attached hydrogens (tertiary/aromatic N) is 3. The van der Waals surface area contributed by atoms with Gasteiger partial charge in [-0.1, -0.05) is 87.8 Å². The number of para-hydroxylation sites is 1. The molecule has 0 unspecified atom stereocenters. The fraction of sp³-hybridized carbons (Fsp3) is 0.409. The number of rotatable bonds is 18. The number of aliphatic imine (C=N–C) groups is 2. The number of methoxy groups -OCH3 is 1. The quantitative estimate of drug-likeness (QED) is 0.0439. The summed E-state index contributed by atoms with van der Waals surface area (Å²) < 4.78 is 6.01. The van der Waals surface area contributed by atoms with Crippen LogP contribution in [-0.4, -0.2) is 56.3 Å². The van der Waals surface area contributed by atoms with Crippen molar-refractivity contribution < 1.29 is 9.53 Å². The van der Waals surface area contributed by atoms with E-state index in [4.69, 9.17) is 16.2 Å². The van der Waals surface area contributed by atoms with Crippen molar-refractivity contribution in [1.82, 2.24) is 10.2 Å². The van der Waals surface area contributed by atoms with E-state index in [1.54, 1.807) is 58.4 Å². The summed E-state index contributed by atoms with van der Waals surface area (Å²) >= 11 is 0. The van der Waals surface area contributed by atoms with Crippen LogP contribution in [0.2, 0.25) is 0 Å². The van der Waals surface area contributed by atoms with Gasteiger partial charge >= 0.3 is 0 Å². The molecule has 3 rings (SSSR count). The fourth-order valence-corrected chi connectivity index (χ4v) is 5.00. The molecule has 2 saturated carbocycles. The highest BCUT2D eigenvalue weighted by molar-refractivity contribution is 6.15. The molecule has 292 valence electrons. The van der Waals surface area contributed by atoms with Gasteiger partial charge in [0, 0.05) is 61.5 Å². The maximum Gasteiger partial charge on any atom is 0.249 e. The lowest BCUT2D eigenvalue weighted by atomic mass is 9.94. The van der Waals surface area contributed by atoms with Crippen LogP contribution in [0.3, 0.4) is 0 Å². The van der Waals surface area contributed by atoms with E-state index in [9.17, 15) is 10.2 Å². The third-order valence-electron chi connectivity index (χ3n) is 8.63. The number of carbonyl (C=O) groups excluding carboxylic acids is 1. The minimum absolute atomic E-state index is 0.131. The van der Waals surface area contributed by atoms with Gasteiger partial charge in [-0.05, 0) is 76.6 Å². The molecule has 0 aromatic heterocycles. The Labute approximate surface area is 324 Å². The molecule has 54 heavy (non-hydrogen) atoms. The van der Waals surface area contributed by atoms with Crippen molar-refractivity contribution in [3.8, 4) is 5.75 Å². The number of nitrogens with two attached hydrogens (primary N) is 2. The predicted octanol–water partition coefficient (Wildman–Crippen LogP) is 8.96. The van der Waals surface area contributed by atoms with Gasteiger partial charge in [0.15, 0.2) is 0 Å². The summed E-state index contributed by atoms with van der Waals surface area (Å²) in [5, 5.41) is 15.8. The lowest BCUT2D eigenvalue weighted by Gasteiger charge is -2.20. The monoisotopic (exact) mass is 737 g/mol. The molecule has 2 aliphatic carbocycles. The molecule has 0 atom stereocenters. The number of hydrogen-bond donors (Lipinski definition) is 5. The SMILES string of the molecule is C/C=C\N/C(=C/CC)C(=N)/C(=C\C(N)=NC=C1CCC1)Nc1cccc(C(/C=C/CC)=C/C=C(\C)C(=O)N(C)C/C(C=NC)=C(\C)N)c1OC.CC1CC1. The van der Waals surface area contributed by atoms with Crippen LogP contribution in [0.5, 0.6) is 5.75 Å². The average molecular weight is 737 g/mol. The third-order valence-corrected chi connectivity index (χ3v) is 8.63. The smallest absolute Gasteiger partial charge is 0.249 e. The summed E-state index contributed by atoms with van der Waals surface area (Å²) in [6.45, 7) is 12.2. The van der Waals surface area contributed by atoms with E-state index < -0.39 is 0 Å². The van der Waals surface area contributed by atoms with Gasteiger partial charge in [0.25, 0.3) is 0 Å². The number of anilines is 1. The Hall–Kier alpha value is -5.38. The van der Waals surface area contributed by atoms with Gasteiger partial charge in [-0.3, -0.25) is 15.2 Å². The number of nitrogens with one attached hydrogen (secondary N) is 3. The van der Waals surface area contributed by atoms with Crippen molar-refractivity contribution in [3.63, 3.8) is 0 Å². The Balaban J connectivity index is 0.00000235. The van der Waals surface area contributed by atoms with Gasteiger partial charge in [0.2, 0.25) is 5.91 Å². The number of allylic oxidation sites excluding steroid dienone is 9. The normalized spacial score (nSPS) is 16.2. The fourth-order valence-electron chi connectivity index (χ4n) is 5.00. The van der Waals surface area contributed by atoms with E-state index in [-0.39, 0.29) is 17.5 Å². The molecule has 0 heterocycles. The molecule has 7 N–H and O–H groups in total. The summed E-state index contributed by atoms with van der Waals surface area (Å²) in [4.78, 5) is 23.4. The minimum atomic E-state index is -0.131. The van der Waals surface area contributed by atoms with Gasteiger partial charge in [-0.15, -0.1) is 0 Å². The van der Waals surface area contributed by atoms with Gasteiger partial charge in [-0.25, -0.2) is 4.99 Å². The van der Waals surface area contributed by atoms with E-state index in [1.807, 2.05) is 68.6 Å². The lowest BCUT2D eigenvalue weighted by molar-refractivity contribution is -0.125. The summed E-state index contributed by atoms with van der Waals surface area (Å²) in [5.41, 5.74) is 19.2. The lowest BCUT2D eigenvalue weighted by Crippen LogP contribution is -2.30. The summed E-state index contributed by atoms with van der Waals surface area (Å²) in [6.07, 6.45) is 26.3. The minimum Gasteiger partial charge on any atom is -0.494 e. The molecule has 0 aliphatic heterocycles. The Bertz CT molecular complexity index is 1740. The molecule has 1 aromatic rings. The first-order valence-electron chi connectivity index (χ1n) is 18.9. The third kappa shape index (κ3) is 15.3. The van der Waals surface area contributed by atoms with E-state index in [1.165, 1.54) is 24.8 Å². The van der Waals surface area contributed by atoms with Crippen molar-refractivity contribution >= 4 is 34.9 Å². The van der Waals surface area contributed by atoms with E-state index in [0.29, 0.717) is 40.6 Å². The van der Waals surface area contributed by atoms with Crippen LogP contribution in [0.1, 0.15) is 92.1 Å². The number of carbonyl (C=O) groups is 1. The van der Waals surface area contributed by atoms with Crippen molar-refractivity contribution in [3.05, 3.63) is 113 Å². The van der Waals surface area contributed by atoms with Crippen LogP contribution in [0.15, 0.2) is 117 Å². The molecule has 0 spiro atoms. The molecule has 0 saturated heterocycles. The number of ether oxygens (including phenoxy) is 1. The second-order valence-electron chi connectivity index (χ2n) is 13.5. The van der Waals surface area contributed by atoms with Gasteiger partial charge < -0.3 is 31.7 Å². The van der Waals surface area contributed by atoms with Crippen LogP contribution in [-0.2, 0) is 4.79 Å². The maximum atomic E-state index is 13.3. The van der Waals surface area contributed by atoms with Crippen LogP contribution in [0.4, 0.5) is 5.69 Å². The first-order valence-corrected chi connectivity index (χ1v) is 18.9. The summed E-state index contributed by atoms with van der Waals surface area (Å²) in [6, 6.07) is 5.77. The van der Waals surface area contributed by atoms with Crippen LogP contribution < -0.4 is 26.8 Å². The van der Waals surface area contributed by atoms with Crippen LogP contribution in [0.25, 0.3) is 5.57 Å². The summed E-state index contributed by atoms with van der Waals surface area (Å²) in [7, 11) is 5.03. The van der Waals surface area contributed by atoms with Gasteiger partial charge in [-0.2, -0.15) is 0 Å². The highest BCUT2D eigenvalue weighted by Crippen LogP contribution is 2.35. The standard InChI is InChI=1S/C40H56N8O2.C4H8/c1-9-12-18-31(22-21-28(4)40(49)48(7)27-32(26-44-6)29(5)41)33-19-14-20-35(39(33)50-8)47-36(24-37(42)46-25-30-16-13-17-30)38(43)34(15-10-2)45-23-11-3;1-4-2-3-4/h11-12,14-15,18-26,43,45,47H,9-10,13,16-17,27,41H2,1-8H3,(H2,42,46);4H,2-3H2,1H3/b18-12+,23-11-,28-21+,31-22+,32-29+,34-15+,36-24+,43-38?,44-26?;. The molecule has 0 radical (unpaired) electrons. The molecule has 2 aliphatic rings. The number of amides is 1. The van der Waals surface area contributed by atoms with Crippen molar-refractivity contribution in [1.29, 1.82) is 5.41 Å². The maximum absolute atomic E-state index is 13.3. The molecule has 10 heteroatoms.